The Balaban J connectivity index is 2.22. The predicted molar refractivity (Wildman–Crippen MR) is 71.5 cm³/mol. The highest BCUT2D eigenvalue weighted by molar-refractivity contribution is 9.10. The number of anilines is 2. The fourth-order valence-electron chi connectivity index (χ4n) is 1.14. The topological polar surface area (TPSA) is 62.2 Å². The number of carbonyl (C=O) groups is 1. The molecule has 0 atom stereocenters. The van der Waals surface area contributed by atoms with Gasteiger partial charge < -0.3 is 10.4 Å². The zero-order chi connectivity index (χ0) is 12.4. The molecule has 1 heterocycles. The Kier molecular flexibility index (Phi) is 3.66. The second-order valence-corrected chi connectivity index (χ2v) is 5.26. The van der Waals surface area contributed by atoms with Crippen LogP contribution in [0.2, 0.25) is 5.02 Å². The number of nitrogens with zero attached hydrogens (tertiary/aromatic N) is 1. The van der Waals surface area contributed by atoms with Crippen LogP contribution >= 0.6 is 38.9 Å². The normalized spacial score (nSPS) is 10.2. The number of halogens is 2. The summed E-state index contributed by atoms with van der Waals surface area (Å²) < 4.78 is 0.325. The highest BCUT2D eigenvalue weighted by Crippen LogP contribution is 2.29. The van der Waals surface area contributed by atoms with Gasteiger partial charge in [0, 0.05) is 10.7 Å². The third-order valence-corrected chi connectivity index (χ3v) is 3.92. The van der Waals surface area contributed by atoms with Crippen molar-refractivity contribution in [2.75, 3.05) is 5.32 Å². The molecule has 0 radical (unpaired) electrons. The molecule has 0 aliphatic carbocycles. The van der Waals surface area contributed by atoms with Crippen molar-refractivity contribution < 1.29 is 9.90 Å². The van der Waals surface area contributed by atoms with Crippen LogP contribution in [0.25, 0.3) is 0 Å². The van der Waals surface area contributed by atoms with Crippen LogP contribution in [0.15, 0.2) is 28.9 Å². The molecule has 0 saturated heterocycles. The Hall–Kier alpha value is -1.11. The van der Waals surface area contributed by atoms with E-state index in [1.807, 2.05) is 0 Å². The van der Waals surface area contributed by atoms with E-state index in [9.17, 15) is 4.79 Å². The van der Waals surface area contributed by atoms with Gasteiger partial charge >= 0.3 is 5.97 Å². The van der Waals surface area contributed by atoms with E-state index < -0.39 is 5.97 Å². The standard InChI is InChI=1S/C10H6BrClN2O2S/c11-8-7(9(15)16)17-10(14-8)13-6-3-1-5(12)2-4-6/h1-4H,(H,13,14)(H,15,16). The summed E-state index contributed by atoms with van der Waals surface area (Å²) in [5.74, 6) is -1.00. The SMILES string of the molecule is O=C(O)c1sc(Nc2ccc(Cl)cc2)nc1Br. The number of thiazole rings is 1. The first kappa shape index (κ1) is 12.3. The minimum atomic E-state index is -1.00. The van der Waals surface area contributed by atoms with Crippen LogP contribution in [0.3, 0.4) is 0 Å². The van der Waals surface area contributed by atoms with Crippen LogP contribution in [0.5, 0.6) is 0 Å². The van der Waals surface area contributed by atoms with Crippen LogP contribution in [0.1, 0.15) is 9.67 Å². The largest absolute Gasteiger partial charge is 0.477 e. The molecule has 2 aromatic rings. The summed E-state index contributed by atoms with van der Waals surface area (Å²) in [6.45, 7) is 0. The van der Waals surface area contributed by atoms with Gasteiger partial charge in [0.1, 0.15) is 9.48 Å². The first-order valence-corrected chi connectivity index (χ1v) is 6.47. The van der Waals surface area contributed by atoms with Crippen molar-refractivity contribution >= 4 is 55.7 Å². The average molecular weight is 334 g/mol. The monoisotopic (exact) mass is 332 g/mol. The summed E-state index contributed by atoms with van der Waals surface area (Å²) in [4.78, 5) is 15.1. The van der Waals surface area contributed by atoms with Gasteiger partial charge in [0.25, 0.3) is 0 Å². The van der Waals surface area contributed by atoms with Crippen molar-refractivity contribution in [3.05, 3.63) is 38.8 Å². The van der Waals surface area contributed by atoms with E-state index >= 15 is 0 Å². The van der Waals surface area contributed by atoms with E-state index in [0.29, 0.717) is 14.8 Å². The predicted octanol–water partition coefficient (Wildman–Crippen LogP) is 4.00. The molecule has 0 spiro atoms. The molecule has 0 unspecified atom stereocenters. The first-order valence-electron chi connectivity index (χ1n) is 4.48. The zero-order valence-electron chi connectivity index (χ0n) is 8.28. The molecule has 0 bridgehead atoms. The molecule has 1 aromatic carbocycles. The number of rotatable bonds is 3. The van der Waals surface area contributed by atoms with Gasteiger partial charge in [-0.1, -0.05) is 22.9 Å². The van der Waals surface area contributed by atoms with Gasteiger partial charge in [-0.25, -0.2) is 9.78 Å². The number of aromatic carboxylic acids is 1. The maximum atomic E-state index is 10.8. The third-order valence-electron chi connectivity index (χ3n) is 1.88. The maximum Gasteiger partial charge on any atom is 0.348 e. The van der Waals surface area contributed by atoms with E-state index in [4.69, 9.17) is 16.7 Å². The van der Waals surface area contributed by atoms with Crippen LogP contribution < -0.4 is 5.32 Å². The molecule has 0 saturated carbocycles. The number of carboxylic acid groups (broad SMARTS) is 1. The Morgan fingerprint density at radius 3 is 2.59 bits per heavy atom. The third kappa shape index (κ3) is 2.96. The lowest BCUT2D eigenvalue weighted by Crippen LogP contribution is -1.91. The molecule has 17 heavy (non-hydrogen) atoms. The fraction of sp³-hybridized carbons (Fsp3) is 0. The smallest absolute Gasteiger partial charge is 0.348 e. The number of carboxylic acids is 1. The number of nitrogens with one attached hydrogen (secondary N) is 1. The van der Waals surface area contributed by atoms with E-state index in [0.717, 1.165) is 17.0 Å². The maximum absolute atomic E-state index is 10.8. The second-order valence-electron chi connectivity index (χ2n) is 3.08. The second kappa shape index (κ2) is 5.03. The van der Waals surface area contributed by atoms with Crippen LogP contribution in [0, 0.1) is 0 Å². The molecule has 2 rings (SSSR count). The molecule has 7 heteroatoms. The van der Waals surface area contributed by atoms with Crippen LogP contribution in [0.4, 0.5) is 10.8 Å². The van der Waals surface area contributed by atoms with Gasteiger partial charge in [-0.2, -0.15) is 0 Å². The van der Waals surface area contributed by atoms with Gasteiger partial charge in [-0.15, -0.1) is 0 Å². The summed E-state index contributed by atoms with van der Waals surface area (Å²) in [6, 6.07) is 7.06. The molecule has 1 aromatic heterocycles. The Labute approximate surface area is 114 Å². The first-order chi connectivity index (χ1) is 8.06. The van der Waals surface area contributed by atoms with Crippen molar-refractivity contribution in [3.63, 3.8) is 0 Å². The molecular weight excluding hydrogens is 328 g/mol. The molecular formula is C10H6BrClN2O2S. The fourth-order valence-corrected chi connectivity index (χ4v) is 2.69. The van der Waals surface area contributed by atoms with E-state index in [-0.39, 0.29) is 4.88 Å². The highest BCUT2D eigenvalue weighted by Gasteiger charge is 2.15. The van der Waals surface area contributed by atoms with Crippen molar-refractivity contribution in [1.82, 2.24) is 4.98 Å². The van der Waals surface area contributed by atoms with Crippen LogP contribution in [-0.4, -0.2) is 16.1 Å². The van der Waals surface area contributed by atoms with Gasteiger partial charge in [-0.3, -0.25) is 0 Å². The van der Waals surface area contributed by atoms with E-state index in [2.05, 4.69) is 26.2 Å². The lowest BCUT2D eigenvalue weighted by Gasteiger charge is -2.01. The number of hydrogen-bond acceptors (Lipinski definition) is 4. The lowest BCUT2D eigenvalue weighted by atomic mass is 10.3. The molecule has 0 fully saturated rings. The molecule has 0 aliphatic heterocycles. The van der Waals surface area contributed by atoms with E-state index in [1.165, 1.54) is 0 Å². The van der Waals surface area contributed by atoms with E-state index in [1.54, 1.807) is 24.3 Å². The molecule has 0 amide bonds. The van der Waals surface area contributed by atoms with Crippen molar-refractivity contribution in [1.29, 1.82) is 0 Å². The summed E-state index contributed by atoms with van der Waals surface area (Å²) in [6.07, 6.45) is 0. The summed E-state index contributed by atoms with van der Waals surface area (Å²) in [5, 5.41) is 13.0. The van der Waals surface area contributed by atoms with Gasteiger partial charge in [0.05, 0.1) is 0 Å². The summed E-state index contributed by atoms with van der Waals surface area (Å²) in [7, 11) is 0. The lowest BCUT2D eigenvalue weighted by molar-refractivity contribution is 0.0701. The molecule has 2 N–H and O–H groups in total. The zero-order valence-corrected chi connectivity index (χ0v) is 11.4. The highest BCUT2D eigenvalue weighted by atomic mass is 79.9. The van der Waals surface area contributed by atoms with Crippen molar-refractivity contribution in [2.24, 2.45) is 0 Å². The minimum absolute atomic E-state index is 0.168. The quantitative estimate of drug-likeness (QED) is 0.891. The average Bonchev–Trinajstić information content (AvgIpc) is 2.63. The summed E-state index contributed by atoms with van der Waals surface area (Å²) in [5.41, 5.74) is 0.799. The van der Waals surface area contributed by atoms with Crippen molar-refractivity contribution in [2.45, 2.75) is 0 Å². The van der Waals surface area contributed by atoms with Gasteiger partial charge in [0.15, 0.2) is 5.13 Å². The number of benzene rings is 1. The van der Waals surface area contributed by atoms with Gasteiger partial charge in [0.2, 0.25) is 0 Å². The molecule has 4 nitrogen and oxygen atoms in total. The van der Waals surface area contributed by atoms with Crippen molar-refractivity contribution in [3.8, 4) is 0 Å². The minimum Gasteiger partial charge on any atom is -0.477 e. The Morgan fingerprint density at radius 1 is 1.41 bits per heavy atom. The summed E-state index contributed by atoms with van der Waals surface area (Å²) >= 11 is 9.92. The number of aromatic nitrogens is 1. The molecule has 0 aliphatic rings. The van der Waals surface area contributed by atoms with Crippen LogP contribution in [-0.2, 0) is 0 Å². The Morgan fingerprint density at radius 2 is 2.06 bits per heavy atom. The number of hydrogen-bond donors (Lipinski definition) is 2. The molecule has 88 valence electrons. The Bertz CT molecular complexity index is 556. The van der Waals surface area contributed by atoms with Gasteiger partial charge in [-0.05, 0) is 40.2 Å².